The van der Waals surface area contributed by atoms with E-state index in [2.05, 4.69) is 15.2 Å². The maximum Gasteiger partial charge on any atom is 0.135 e. The zero-order valence-corrected chi connectivity index (χ0v) is 16.0. The maximum atomic E-state index is 10.5. The number of fused-ring (bicyclic) bond motifs is 3. The smallest absolute Gasteiger partial charge is 0.135 e. The van der Waals surface area contributed by atoms with Gasteiger partial charge in [-0.15, -0.1) is 0 Å². The van der Waals surface area contributed by atoms with Crippen molar-refractivity contribution in [2.75, 3.05) is 18.8 Å². The van der Waals surface area contributed by atoms with Crippen LogP contribution in [0.15, 0.2) is 36.7 Å². The summed E-state index contributed by atoms with van der Waals surface area (Å²) >= 11 is 0. The van der Waals surface area contributed by atoms with E-state index in [0.29, 0.717) is 25.5 Å². The molecular formula is C20H23N7O2. The molecule has 1 aliphatic rings. The van der Waals surface area contributed by atoms with Gasteiger partial charge in [0.2, 0.25) is 0 Å². The molecule has 0 amide bonds. The number of nitrogens with zero attached hydrogens (tertiary/aromatic N) is 5. The third-order valence-electron chi connectivity index (χ3n) is 5.59. The van der Waals surface area contributed by atoms with Crippen molar-refractivity contribution in [2.24, 2.45) is 5.92 Å². The quantitative estimate of drug-likeness (QED) is 0.401. The highest BCUT2D eigenvalue weighted by Gasteiger charge is 2.32. The van der Waals surface area contributed by atoms with Gasteiger partial charge in [-0.1, -0.05) is 13.0 Å². The summed E-state index contributed by atoms with van der Waals surface area (Å²) in [6.07, 6.45) is 2.64. The highest BCUT2D eigenvalue weighted by molar-refractivity contribution is 6.08. The monoisotopic (exact) mass is 393 g/mol. The van der Waals surface area contributed by atoms with Crippen molar-refractivity contribution in [2.45, 2.75) is 25.8 Å². The Kier molecular flexibility index (Phi) is 4.23. The van der Waals surface area contributed by atoms with Gasteiger partial charge in [-0.05, 0) is 18.2 Å². The van der Waals surface area contributed by atoms with E-state index in [4.69, 9.17) is 10.8 Å². The van der Waals surface area contributed by atoms with Gasteiger partial charge in [-0.3, -0.25) is 14.7 Å². The highest BCUT2D eigenvalue weighted by atomic mass is 16.3. The number of hydrogen-bond acceptors (Lipinski definition) is 7. The van der Waals surface area contributed by atoms with E-state index in [1.165, 1.54) is 0 Å². The van der Waals surface area contributed by atoms with Crippen LogP contribution in [0.1, 0.15) is 6.92 Å². The first-order valence-corrected chi connectivity index (χ1v) is 9.66. The number of nitrogens with one attached hydrogen (secondary N) is 1. The summed E-state index contributed by atoms with van der Waals surface area (Å²) in [6, 6.07) is 7.88. The number of benzene rings is 1. The van der Waals surface area contributed by atoms with E-state index >= 15 is 0 Å². The van der Waals surface area contributed by atoms with Gasteiger partial charge in [-0.25, -0.2) is 4.98 Å². The number of nitrogens with two attached hydrogens (primary N) is 1. The topological polar surface area (TPSA) is 129 Å². The summed E-state index contributed by atoms with van der Waals surface area (Å²) in [5.74, 6) is 0.379. The summed E-state index contributed by atoms with van der Waals surface area (Å²) < 4.78 is 1.81. The lowest BCUT2D eigenvalue weighted by atomic mass is 10.0. The Hall–Kier alpha value is -3.01. The molecule has 150 valence electrons. The van der Waals surface area contributed by atoms with Crippen LogP contribution < -0.4 is 5.73 Å². The summed E-state index contributed by atoms with van der Waals surface area (Å²) in [5, 5.41) is 33.3. The van der Waals surface area contributed by atoms with Crippen LogP contribution in [-0.4, -0.2) is 65.5 Å². The SMILES string of the molecule is CC(Cn1cc2c(N)nc3cc(-c4ccn[nH]4)ccc3c2n1)C(O)N1CC(O)C1. The lowest BCUT2D eigenvalue weighted by molar-refractivity contribution is -0.122. The molecule has 1 aliphatic heterocycles. The van der Waals surface area contributed by atoms with Gasteiger partial charge in [0.25, 0.3) is 0 Å². The molecule has 5 N–H and O–H groups in total. The van der Waals surface area contributed by atoms with Crippen molar-refractivity contribution >= 4 is 27.6 Å². The molecule has 0 saturated carbocycles. The van der Waals surface area contributed by atoms with E-state index in [1.54, 1.807) is 6.20 Å². The number of anilines is 1. The van der Waals surface area contributed by atoms with Crippen LogP contribution in [0.5, 0.6) is 0 Å². The van der Waals surface area contributed by atoms with Gasteiger partial charge in [0.1, 0.15) is 17.6 Å². The number of aliphatic hydroxyl groups is 2. The van der Waals surface area contributed by atoms with Crippen molar-refractivity contribution in [3.63, 3.8) is 0 Å². The number of nitrogen functional groups attached to an aromatic ring is 1. The zero-order chi connectivity index (χ0) is 20.1. The Morgan fingerprint density at radius 3 is 2.83 bits per heavy atom. The van der Waals surface area contributed by atoms with Crippen molar-refractivity contribution in [3.05, 3.63) is 36.7 Å². The average Bonchev–Trinajstić information content (AvgIpc) is 3.35. The number of H-pyrrole nitrogens is 1. The van der Waals surface area contributed by atoms with Crippen LogP contribution in [0.3, 0.4) is 0 Å². The third-order valence-corrected chi connectivity index (χ3v) is 5.59. The van der Waals surface area contributed by atoms with E-state index in [-0.39, 0.29) is 12.0 Å². The molecule has 0 radical (unpaired) electrons. The van der Waals surface area contributed by atoms with Crippen LogP contribution in [0, 0.1) is 5.92 Å². The number of likely N-dealkylation sites (tertiary alicyclic amines) is 1. The third kappa shape index (κ3) is 3.13. The van der Waals surface area contributed by atoms with Gasteiger partial charge in [0.05, 0.1) is 22.7 Å². The molecule has 29 heavy (non-hydrogen) atoms. The molecule has 0 spiro atoms. The van der Waals surface area contributed by atoms with Crippen LogP contribution in [0.2, 0.25) is 0 Å². The lowest BCUT2D eigenvalue weighted by Gasteiger charge is -2.41. The molecular weight excluding hydrogens is 370 g/mol. The van der Waals surface area contributed by atoms with Crippen molar-refractivity contribution in [3.8, 4) is 11.3 Å². The fraction of sp³-hybridized carbons (Fsp3) is 0.350. The molecule has 1 aromatic carbocycles. The summed E-state index contributed by atoms with van der Waals surface area (Å²) in [7, 11) is 0. The second-order valence-electron chi connectivity index (χ2n) is 7.81. The van der Waals surface area contributed by atoms with Gasteiger partial charge >= 0.3 is 0 Å². The Balaban J connectivity index is 1.47. The first-order chi connectivity index (χ1) is 14.0. The molecule has 9 nitrogen and oxygen atoms in total. The van der Waals surface area contributed by atoms with E-state index in [9.17, 15) is 10.2 Å². The van der Waals surface area contributed by atoms with E-state index in [1.807, 2.05) is 47.0 Å². The standard InChI is InChI=1S/C20H23N7O2/c1-11(20(29)26-8-13(28)9-26)7-27-10-15-18(25-27)14-3-2-12(16-4-5-22-24-16)6-17(14)23-19(15)21/h2-6,10-11,13,20,28-29H,7-9H2,1H3,(H2,21,23)(H,22,24). The van der Waals surface area contributed by atoms with Crippen LogP contribution in [-0.2, 0) is 6.54 Å². The normalized spacial score (nSPS) is 17.6. The van der Waals surface area contributed by atoms with Crippen molar-refractivity contribution in [1.82, 2.24) is 29.9 Å². The zero-order valence-electron chi connectivity index (χ0n) is 16.0. The van der Waals surface area contributed by atoms with Crippen LogP contribution in [0.25, 0.3) is 33.1 Å². The highest BCUT2D eigenvalue weighted by Crippen LogP contribution is 2.30. The summed E-state index contributed by atoms with van der Waals surface area (Å²) in [6.45, 7) is 3.52. The van der Waals surface area contributed by atoms with E-state index in [0.717, 1.165) is 33.1 Å². The Morgan fingerprint density at radius 1 is 1.28 bits per heavy atom. The van der Waals surface area contributed by atoms with Crippen molar-refractivity contribution in [1.29, 1.82) is 0 Å². The largest absolute Gasteiger partial charge is 0.390 e. The molecule has 0 bridgehead atoms. The van der Waals surface area contributed by atoms with E-state index < -0.39 is 6.23 Å². The fourth-order valence-corrected chi connectivity index (χ4v) is 3.95. The first kappa shape index (κ1) is 18.0. The van der Waals surface area contributed by atoms with Crippen LogP contribution in [0.4, 0.5) is 5.82 Å². The fourth-order valence-electron chi connectivity index (χ4n) is 3.95. The molecule has 4 heterocycles. The molecule has 5 rings (SSSR count). The minimum absolute atomic E-state index is 0.0516. The second kappa shape index (κ2) is 6.80. The molecule has 1 fully saturated rings. The number of aliphatic hydroxyl groups excluding tert-OH is 2. The molecule has 2 atom stereocenters. The van der Waals surface area contributed by atoms with Gasteiger partial charge in [0, 0.05) is 48.9 Å². The molecule has 0 aliphatic carbocycles. The number of pyridine rings is 1. The van der Waals surface area contributed by atoms with Crippen LogP contribution >= 0.6 is 0 Å². The van der Waals surface area contributed by atoms with Gasteiger partial charge < -0.3 is 15.9 Å². The number of aromatic nitrogens is 5. The molecule has 4 aromatic rings. The first-order valence-electron chi connectivity index (χ1n) is 9.66. The number of β-amino-alcohol motifs (C(OH)–C–C–N with tert-alkyl or cyclic N) is 1. The minimum Gasteiger partial charge on any atom is -0.390 e. The summed E-state index contributed by atoms with van der Waals surface area (Å²) in [5.41, 5.74) is 9.68. The minimum atomic E-state index is -0.616. The maximum absolute atomic E-state index is 10.5. The van der Waals surface area contributed by atoms with Crippen molar-refractivity contribution < 1.29 is 10.2 Å². The second-order valence-corrected chi connectivity index (χ2v) is 7.81. The Bertz CT molecular complexity index is 1160. The molecule has 2 unspecified atom stereocenters. The van der Waals surface area contributed by atoms with Gasteiger partial charge in [0.15, 0.2) is 0 Å². The Morgan fingerprint density at radius 2 is 2.10 bits per heavy atom. The predicted octanol–water partition coefficient (Wildman–Crippen LogP) is 1.19. The Labute approximate surface area is 166 Å². The average molecular weight is 393 g/mol. The molecule has 9 heteroatoms. The van der Waals surface area contributed by atoms with Gasteiger partial charge in [-0.2, -0.15) is 10.2 Å². The summed E-state index contributed by atoms with van der Waals surface area (Å²) in [4.78, 5) is 6.43. The number of hydrogen-bond donors (Lipinski definition) is 4. The molecule has 1 saturated heterocycles. The lowest BCUT2D eigenvalue weighted by Crippen LogP contribution is -2.57. The number of rotatable bonds is 5. The predicted molar refractivity (Wildman–Crippen MR) is 110 cm³/mol. The molecule has 3 aromatic heterocycles. The number of aromatic amines is 1.